The molecular weight excluding hydrogens is 186 g/mol. The maximum Gasteiger partial charge on any atom is 0.163 e. The van der Waals surface area contributed by atoms with Crippen molar-refractivity contribution in [3.8, 4) is 11.8 Å². The van der Waals surface area contributed by atoms with E-state index < -0.39 is 0 Å². The largest absolute Gasteiger partial charge is 0.398 e. The molecule has 78 valence electrons. The van der Waals surface area contributed by atoms with Gasteiger partial charge in [0, 0.05) is 24.1 Å². The second-order valence-electron chi connectivity index (χ2n) is 3.42. The lowest BCUT2D eigenvalue weighted by Gasteiger charge is -2.03. The number of carbonyl (C=O) groups excluding carboxylic acids is 1. The Kier molecular flexibility index (Phi) is 3.93. The minimum Gasteiger partial charge on any atom is -0.398 e. The molecule has 1 aromatic carbocycles. The van der Waals surface area contributed by atoms with E-state index in [9.17, 15) is 4.79 Å². The molecule has 15 heavy (non-hydrogen) atoms. The number of hydrogen-bond donors (Lipinski definition) is 1. The summed E-state index contributed by atoms with van der Waals surface area (Å²) in [6.07, 6.45) is 1.08. The van der Waals surface area contributed by atoms with Gasteiger partial charge in [0.2, 0.25) is 0 Å². The van der Waals surface area contributed by atoms with Gasteiger partial charge in [0.25, 0.3) is 0 Å². The first-order valence-corrected chi connectivity index (χ1v) is 4.94. The number of anilines is 1. The summed E-state index contributed by atoms with van der Waals surface area (Å²) in [7, 11) is 0. The summed E-state index contributed by atoms with van der Waals surface area (Å²) in [6.45, 7) is 3.69. The van der Waals surface area contributed by atoms with Crippen LogP contribution < -0.4 is 5.73 Å². The SMILES string of the molecule is CC#CCCC(=O)c1ccc(C)c(N)c1. The summed E-state index contributed by atoms with van der Waals surface area (Å²) < 4.78 is 0. The number of hydrogen-bond acceptors (Lipinski definition) is 2. The Morgan fingerprint density at radius 3 is 2.80 bits per heavy atom. The summed E-state index contributed by atoms with van der Waals surface area (Å²) in [5.41, 5.74) is 8.08. The van der Waals surface area contributed by atoms with Crippen LogP contribution in [0, 0.1) is 18.8 Å². The zero-order valence-corrected chi connectivity index (χ0v) is 9.13. The molecule has 2 nitrogen and oxygen atoms in total. The van der Waals surface area contributed by atoms with Crippen molar-refractivity contribution >= 4 is 11.5 Å². The van der Waals surface area contributed by atoms with Crippen molar-refractivity contribution in [3.05, 3.63) is 29.3 Å². The molecule has 0 amide bonds. The van der Waals surface area contributed by atoms with E-state index in [0.29, 0.717) is 24.1 Å². The maximum atomic E-state index is 11.7. The highest BCUT2D eigenvalue weighted by Gasteiger charge is 2.05. The molecule has 0 aromatic heterocycles. The molecular formula is C13H15NO. The number of benzene rings is 1. The molecule has 0 unspecified atom stereocenters. The molecule has 0 atom stereocenters. The molecule has 0 aliphatic heterocycles. The first kappa shape index (κ1) is 11.3. The Bertz CT molecular complexity index is 424. The van der Waals surface area contributed by atoms with Gasteiger partial charge in [-0.2, -0.15) is 0 Å². The third-order valence-electron chi connectivity index (χ3n) is 2.26. The van der Waals surface area contributed by atoms with Crippen molar-refractivity contribution in [3.63, 3.8) is 0 Å². The standard InChI is InChI=1S/C13H15NO/c1-3-4-5-6-13(15)11-8-7-10(2)12(14)9-11/h7-9H,5-6,14H2,1-2H3. The predicted octanol–water partition coefficient (Wildman–Crippen LogP) is 2.56. The molecule has 0 spiro atoms. The van der Waals surface area contributed by atoms with E-state index in [0.717, 1.165) is 5.56 Å². The Morgan fingerprint density at radius 1 is 1.47 bits per heavy atom. The van der Waals surface area contributed by atoms with Crippen LogP contribution in [0.2, 0.25) is 0 Å². The second kappa shape index (κ2) is 5.21. The first-order valence-electron chi connectivity index (χ1n) is 4.94. The molecule has 0 bridgehead atoms. The maximum absolute atomic E-state index is 11.7. The lowest BCUT2D eigenvalue weighted by molar-refractivity contribution is 0.0984. The molecule has 0 aliphatic rings. The average Bonchev–Trinajstić information content (AvgIpc) is 2.22. The van der Waals surface area contributed by atoms with Gasteiger partial charge in [-0.25, -0.2) is 0 Å². The van der Waals surface area contributed by atoms with E-state index >= 15 is 0 Å². The van der Waals surface area contributed by atoms with Gasteiger partial charge in [0.05, 0.1) is 0 Å². The van der Waals surface area contributed by atoms with Crippen molar-refractivity contribution < 1.29 is 4.79 Å². The minimum atomic E-state index is 0.101. The summed E-state index contributed by atoms with van der Waals surface area (Å²) in [6, 6.07) is 5.42. The van der Waals surface area contributed by atoms with Gasteiger partial charge < -0.3 is 5.73 Å². The van der Waals surface area contributed by atoms with Crippen LogP contribution in [0.5, 0.6) is 0 Å². The summed E-state index contributed by atoms with van der Waals surface area (Å²) in [5, 5.41) is 0. The summed E-state index contributed by atoms with van der Waals surface area (Å²) >= 11 is 0. The number of nitrogen functional groups attached to an aromatic ring is 1. The van der Waals surface area contributed by atoms with E-state index in [1.165, 1.54) is 0 Å². The van der Waals surface area contributed by atoms with Crippen LogP contribution in [0.4, 0.5) is 5.69 Å². The van der Waals surface area contributed by atoms with Gasteiger partial charge in [-0.1, -0.05) is 12.1 Å². The predicted molar refractivity (Wildman–Crippen MR) is 62.6 cm³/mol. The fraction of sp³-hybridized carbons (Fsp3) is 0.308. The minimum absolute atomic E-state index is 0.101. The molecule has 0 aliphatic carbocycles. The normalized spacial score (nSPS) is 9.20. The smallest absolute Gasteiger partial charge is 0.163 e. The van der Waals surface area contributed by atoms with Gasteiger partial charge >= 0.3 is 0 Å². The number of rotatable bonds is 3. The molecule has 2 N–H and O–H groups in total. The van der Waals surface area contributed by atoms with Crippen molar-refractivity contribution in [1.82, 2.24) is 0 Å². The van der Waals surface area contributed by atoms with Crippen molar-refractivity contribution in [1.29, 1.82) is 0 Å². The molecule has 0 saturated heterocycles. The Morgan fingerprint density at radius 2 is 2.20 bits per heavy atom. The fourth-order valence-corrected chi connectivity index (χ4v) is 1.26. The van der Waals surface area contributed by atoms with E-state index in [-0.39, 0.29) is 5.78 Å². The van der Waals surface area contributed by atoms with Gasteiger partial charge in [-0.15, -0.1) is 11.8 Å². The van der Waals surface area contributed by atoms with Gasteiger partial charge in [-0.05, 0) is 25.5 Å². The zero-order valence-electron chi connectivity index (χ0n) is 9.13. The van der Waals surface area contributed by atoms with E-state index in [1.54, 1.807) is 13.0 Å². The van der Waals surface area contributed by atoms with Crippen molar-refractivity contribution in [2.75, 3.05) is 5.73 Å². The van der Waals surface area contributed by atoms with Crippen LogP contribution in [-0.2, 0) is 0 Å². The van der Waals surface area contributed by atoms with Crippen LogP contribution in [0.25, 0.3) is 0 Å². The number of aryl methyl sites for hydroxylation is 1. The van der Waals surface area contributed by atoms with Gasteiger partial charge in [0.1, 0.15) is 0 Å². The summed E-state index contributed by atoms with van der Waals surface area (Å²) in [4.78, 5) is 11.7. The highest BCUT2D eigenvalue weighted by atomic mass is 16.1. The number of carbonyl (C=O) groups is 1. The first-order chi connectivity index (χ1) is 7.15. The number of Topliss-reactive ketones (excluding diaryl/α,β-unsaturated/α-hetero) is 1. The van der Waals surface area contributed by atoms with Gasteiger partial charge in [-0.3, -0.25) is 4.79 Å². The number of ketones is 1. The van der Waals surface area contributed by atoms with Crippen LogP contribution in [-0.4, -0.2) is 5.78 Å². The molecule has 0 fully saturated rings. The highest BCUT2D eigenvalue weighted by molar-refractivity contribution is 5.97. The molecule has 2 heteroatoms. The topological polar surface area (TPSA) is 43.1 Å². The van der Waals surface area contributed by atoms with Crippen molar-refractivity contribution in [2.45, 2.75) is 26.7 Å². The highest BCUT2D eigenvalue weighted by Crippen LogP contribution is 2.14. The third-order valence-corrected chi connectivity index (χ3v) is 2.26. The van der Waals surface area contributed by atoms with E-state index in [1.807, 2.05) is 19.1 Å². The lowest BCUT2D eigenvalue weighted by Crippen LogP contribution is -2.00. The third kappa shape index (κ3) is 3.14. The summed E-state index contributed by atoms with van der Waals surface area (Å²) in [5.74, 6) is 5.74. The lowest BCUT2D eigenvalue weighted by atomic mass is 10.0. The zero-order chi connectivity index (χ0) is 11.3. The van der Waals surface area contributed by atoms with Gasteiger partial charge in [0.15, 0.2) is 5.78 Å². The van der Waals surface area contributed by atoms with E-state index in [2.05, 4.69) is 11.8 Å². The molecule has 0 saturated carbocycles. The monoisotopic (exact) mass is 201 g/mol. The van der Waals surface area contributed by atoms with Crippen LogP contribution >= 0.6 is 0 Å². The quantitative estimate of drug-likeness (QED) is 0.464. The average molecular weight is 201 g/mol. The van der Waals surface area contributed by atoms with Crippen LogP contribution in [0.3, 0.4) is 0 Å². The molecule has 1 rings (SSSR count). The van der Waals surface area contributed by atoms with E-state index in [4.69, 9.17) is 5.73 Å². The molecule has 0 radical (unpaired) electrons. The van der Waals surface area contributed by atoms with Crippen molar-refractivity contribution in [2.24, 2.45) is 0 Å². The Balaban J connectivity index is 2.72. The van der Waals surface area contributed by atoms with Crippen LogP contribution in [0.15, 0.2) is 18.2 Å². The Hall–Kier alpha value is -1.75. The Labute approximate surface area is 90.5 Å². The second-order valence-corrected chi connectivity index (χ2v) is 3.42. The van der Waals surface area contributed by atoms with Crippen LogP contribution in [0.1, 0.15) is 35.7 Å². The molecule has 0 heterocycles. The fourth-order valence-electron chi connectivity index (χ4n) is 1.26. The molecule has 1 aromatic rings. The number of nitrogens with two attached hydrogens (primary N) is 1.